The monoisotopic (exact) mass is 445 g/mol. The fourth-order valence-corrected chi connectivity index (χ4v) is 4.80. The molecule has 2 unspecified atom stereocenters. The lowest BCUT2D eigenvalue weighted by atomic mass is 9.77. The molecule has 0 aromatic heterocycles. The molecule has 0 heterocycles. The fraction of sp³-hybridized carbons (Fsp3) is 0.100. The Hall–Kier alpha value is -4.15. The third-order valence-electron chi connectivity index (χ3n) is 6.40. The first-order valence-corrected chi connectivity index (χ1v) is 11.5. The molecule has 4 heteroatoms. The van der Waals surface area contributed by atoms with Gasteiger partial charge in [0.15, 0.2) is 0 Å². The molecule has 4 aromatic rings. The van der Waals surface area contributed by atoms with Gasteiger partial charge in [-0.15, -0.1) is 0 Å². The van der Waals surface area contributed by atoms with E-state index in [-0.39, 0.29) is 17.9 Å². The number of rotatable bonds is 6. The molecule has 1 aliphatic carbocycles. The SMILES string of the molecule is NN(C(=O)Nc1ccccc1)C1=Cc2ccccc2C1C(Cc1ccccc1)c1ccccc1. The summed E-state index contributed by atoms with van der Waals surface area (Å²) in [6.07, 6.45) is 2.88. The zero-order chi connectivity index (χ0) is 23.3. The summed E-state index contributed by atoms with van der Waals surface area (Å²) in [7, 11) is 0. The standard InChI is InChI=1S/C30H27N3O/c31-33(30(34)32-25-17-8-3-9-18-25)28-21-24-16-10-11-19-26(24)29(28)27(23-14-6-2-7-15-23)20-22-12-4-1-5-13-22/h1-19,21,27,29H,20,31H2,(H,32,34). The molecule has 0 bridgehead atoms. The third kappa shape index (κ3) is 4.49. The van der Waals surface area contributed by atoms with Crippen LogP contribution in [-0.2, 0) is 6.42 Å². The lowest BCUT2D eigenvalue weighted by molar-refractivity contribution is 0.222. The highest BCUT2D eigenvalue weighted by molar-refractivity contribution is 5.91. The topological polar surface area (TPSA) is 58.4 Å². The van der Waals surface area contributed by atoms with E-state index in [1.807, 2.05) is 54.6 Å². The minimum absolute atomic E-state index is 0.0645. The minimum atomic E-state index is -0.359. The van der Waals surface area contributed by atoms with Gasteiger partial charge in [-0.1, -0.05) is 103 Å². The van der Waals surface area contributed by atoms with Crippen molar-refractivity contribution in [2.45, 2.75) is 18.3 Å². The largest absolute Gasteiger partial charge is 0.340 e. The quantitative estimate of drug-likeness (QED) is 0.201. The number of allylic oxidation sites excluding steroid dienone is 1. The van der Waals surface area contributed by atoms with Gasteiger partial charge in [-0.3, -0.25) is 0 Å². The Morgan fingerprint density at radius 2 is 1.38 bits per heavy atom. The van der Waals surface area contributed by atoms with Gasteiger partial charge in [-0.25, -0.2) is 15.6 Å². The van der Waals surface area contributed by atoms with Crippen molar-refractivity contribution in [2.75, 3.05) is 5.32 Å². The van der Waals surface area contributed by atoms with Gasteiger partial charge >= 0.3 is 6.03 Å². The number of carbonyl (C=O) groups is 1. The van der Waals surface area contributed by atoms with Crippen LogP contribution in [0.2, 0.25) is 0 Å². The summed E-state index contributed by atoms with van der Waals surface area (Å²) in [6, 6.07) is 38.3. The summed E-state index contributed by atoms with van der Waals surface area (Å²) < 4.78 is 0. The molecule has 3 N–H and O–H groups in total. The zero-order valence-corrected chi connectivity index (χ0v) is 18.8. The molecule has 5 rings (SSSR count). The zero-order valence-electron chi connectivity index (χ0n) is 18.8. The third-order valence-corrected chi connectivity index (χ3v) is 6.40. The van der Waals surface area contributed by atoms with E-state index >= 15 is 0 Å². The van der Waals surface area contributed by atoms with Gasteiger partial charge in [0.25, 0.3) is 0 Å². The molecule has 0 aliphatic heterocycles. The highest BCUT2D eigenvalue weighted by atomic mass is 16.2. The molecule has 0 spiro atoms. The normalized spacial score (nSPS) is 15.2. The Balaban J connectivity index is 1.54. The van der Waals surface area contributed by atoms with Crippen LogP contribution in [0, 0.1) is 0 Å². The Morgan fingerprint density at radius 3 is 2.09 bits per heavy atom. The van der Waals surface area contributed by atoms with Gasteiger partial charge in [0, 0.05) is 23.2 Å². The number of benzene rings is 4. The maximum absolute atomic E-state index is 13.2. The van der Waals surface area contributed by atoms with Gasteiger partial charge in [0.2, 0.25) is 0 Å². The molecule has 0 saturated heterocycles. The number of urea groups is 1. The molecule has 4 nitrogen and oxygen atoms in total. The maximum Gasteiger partial charge on any atom is 0.340 e. The maximum atomic E-state index is 13.2. The number of hydrogen-bond donors (Lipinski definition) is 2. The summed E-state index contributed by atoms with van der Waals surface area (Å²) in [5.74, 6) is 6.54. The van der Waals surface area contributed by atoms with Crippen LogP contribution in [0.4, 0.5) is 10.5 Å². The molecule has 0 radical (unpaired) electrons. The number of fused-ring (bicyclic) bond motifs is 1. The van der Waals surface area contributed by atoms with Gasteiger partial charge < -0.3 is 5.32 Å². The molecule has 2 atom stereocenters. The first kappa shape index (κ1) is 21.7. The van der Waals surface area contributed by atoms with Crippen LogP contribution in [0.5, 0.6) is 0 Å². The smallest absolute Gasteiger partial charge is 0.306 e. The molecular weight excluding hydrogens is 418 g/mol. The van der Waals surface area contributed by atoms with Crippen molar-refractivity contribution in [2.24, 2.45) is 5.84 Å². The van der Waals surface area contributed by atoms with Gasteiger partial charge in [-0.05, 0) is 46.9 Å². The van der Waals surface area contributed by atoms with Crippen molar-refractivity contribution in [1.82, 2.24) is 5.01 Å². The molecule has 1 aliphatic rings. The molecule has 0 saturated carbocycles. The molecule has 4 aromatic carbocycles. The Morgan fingerprint density at radius 1 is 0.794 bits per heavy atom. The summed E-state index contributed by atoms with van der Waals surface area (Å²) in [6.45, 7) is 0. The van der Waals surface area contributed by atoms with Gasteiger partial charge in [0.05, 0.1) is 0 Å². The number of nitrogens with zero attached hydrogens (tertiary/aromatic N) is 1. The highest BCUT2D eigenvalue weighted by Gasteiger charge is 2.37. The molecule has 0 fully saturated rings. The molecule has 34 heavy (non-hydrogen) atoms. The first-order chi connectivity index (χ1) is 16.7. The van der Waals surface area contributed by atoms with Crippen LogP contribution in [0.1, 0.15) is 34.1 Å². The minimum Gasteiger partial charge on any atom is -0.306 e. The average molecular weight is 446 g/mol. The van der Waals surface area contributed by atoms with Crippen LogP contribution in [0.25, 0.3) is 6.08 Å². The van der Waals surface area contributed by atoms with Crippen LogP contribution in [-0.4, -0.2) is 11.0 Å². The second kappa shape index (κ2) is 9.77. The molecule has 2 amide bonds. The van der Waals surface area contributed by atoms with E-state index in [1.54, 1.807) is 0 Å². The van der Waals surface area contributed by atoms with Crippen molar-refractivity contribution < 1.29 is 4.79 Å². The Labute approximate surface area is 200 Å². The van der Waals surface area contributed by atoms with Crippen LogP contribution < -0.4 is 11.2 Å². The summed E-state index contributed by atoms with van der Waals surface area (Å²) in [4.78, 5) is 13.2. The number of amides is 2. The Kier molecular flexibility index (Phi) is 6.23. The van der Waals surface area contributed by atoms with Crippen molar-refractivity contribution in [3.05, 3.63) is 143 Å². The predicted octanol–water partition coefficient (Wildman–Crippen LogP) is 6.56. The van der Waals surface area contributed by atoms with Crippen molar-refractivity contribution in [3.63, 3.8) is 0 Å². The van der Waals surface area contributed by atoms with Crippen molar-refractivity contribution in [1.29, 1.82) is 0 Å². The summed E-state index contributed by atoms with van der Waals surface area (Å²) in [5.41, 5.74) is 6.25. The van der Waals surface area contributed by atoms with Gasteiger partial charge in [-0.2, -0.15) is 0 Å². The van der Waals surface area contributed by atoms with Crippen LogP contribution in [0.3, 0.4) is 0 Å². The second-order valence-corrected chi connectivity index (χ2v) is 8.55. The van der Waals surface area contributed by atoms with E-state index in [2.05, 4.69) is 72.0 Å². The van der Waals surface area contributed by atoms with E-state index < -0.39 is 0 Å². The number of nitrogens with one attached hydrogen (secondary N) is 1. The van der Waals surface area contributed by atoms with Gasteiger partial charge in [0.1, 0.15) is 0 Å². The van der Waals surface area contributed by atoms with E-state index in [4.69, 9.17) is 5.84 Å². The molecule has 168 valence electrons. The average Bonchev–Trinajstić information content (AvgIpc) is 3.28. The van der Waals surface area contributed by atoms with Crippen LogP contribution >= 0.6 is 0 Å². The number of hydrazine groups is 1. The number of carbonyl (C=O) groups excluding carboxylic acids is 1. The first-order valence-electron chi connectivity index (χ1n) is 11.5. The van der Waals surface area contributed by atoms with E-state index in [9.17, 15) is 4.79 Å². The number of nitrogens with two attached hydrogens (primary N) is 1. The van der Waals surface area contributed by atoms with Crippen LogP contribution in [0.15, 0.2) is 121 Å². The second-order valence-electron chi connectivity index (χ2n) is 8.55. The number of hydrogen-bond acceptors (Lipinski definition) is 2. The highest BCUT2D eigenvalue weighted by Crippen LogP contribution is 2.47. The van der Waals surface area contributed by atoms with Crippen molar-refractivity contribution in [3.8, 4) is 0 Å². The summed E-state index contributed by atoms with van der Waals surface area (Å²) in [5, 5.41) is 4.19. The fourth-order valence-electron chi connectivity index (χ4n) is 4.80. The lowest BCUT2D eigenvalue weighted by Crippen LogP contribution is -2.41. The van der Waals surface area contributed by atoms with E-state index in [1.165, 1.54) is 21.7 Å². The van der Waals surface area contributed by atoms with E-state index in [0.717, 1.165) is 17.7 Å². The number of anilines is 1. The predicted molar refractivity (Wildman–Crippen MR) is 138 cm³/mol. The van der Waals surface area contributed by atoms with E-state index in [0.29, 0.717) is 5.69 Å². The van der Waals surface area contributed by atoms with Crippen molar-refractivity contribution >= 4 is 17.8 Å². The number of para-hydroxylation sites is 1. The Bertz CT molecular complexity index is 1290. The summed E-state index contributed by atoms with van der Waals surface area (Å²) >= 11 is 0. The molecular formula is C30H27N3O. The lowest BCUT2D eigenvalue weighted by Gasteiger charge is -2.31.